The highest BCUT2D eigenvalue weighted by atomic mass is 35.5. The Labute approximate surface area is 128 Å². The van der Waals surface area contributed by atoms with Gasteiger partial charge in [0.15, 0.2) is 0 Å². The maximum Gasteiger partial charge on any atom is 0.128 e. The normalized spacial score (nSPS) is 10.7. The van der Waals surface area contributed by atoms with Crippen molar-refractivity contribution in [2.24, 2.45) is 0 Å². The summed E-state index contributed by atoms with van der Waals surface area (Å²) in [4.78, 5) is 0. The number of hydrogen-bond acceptors (Lipinski definition) is 2. The van der Waals surface area contributed by atoms with Crippen molar-refractivity contribution in [2.45, 2.75) is 27.1 Å². The Kier molecular flexibility index (Phi) is 4.92. The Hall–Kier alpha value is -1.22. The van der Waals surface area contributed by atoms with Crippen molar-refractivity contribution in [3.05, 3.63) is 62.6 Å². The fourth-order valence-corrected chi connectivity index (χ4v) is 2.49. The molecule has 0 saturated heterocycles. The van der Waals surface area contributed by atoms with Crippen molar-refractivity contribution in [2.75, 3.05) is 0 Å². The molecule has 0 bridgehead atoms. The van der Waals surface area contributed by atoms with Crippen molar-refractivity contribution in [1.82, 2.24) is 0 Å². The van der Waals surface area contributed by atoms with Gasteiger partial charge in [0.25, 0.3) is 0 Å². The molecule has 2 rings (SSSR count). The average Bonchev–Trinajstić information content (AvgIpc) is 2.42. The lowest BCUT2D eigenvalue weighted by molar-refractivity contribution is 0.258. The van der Waals surface area contributed by atoms with Crippen LogP contribution in [0.25, 0.3) is 0 Å². The third-order valence-electron chi connectivity index (χ3n) is 3.35. The van der Waals surface area contributed by atoms with Crippen LogP contribution in [0.3, 0.4) is 0 Å². The highest BCUT2D eigenvalue weighted by molar-refractivity contribution is 6.35. The van der Waals surface area contributed by atoms with E-state index < -0.39 is 0 Å². The van der Waals surface area contributed by atoms with Gasteiger partial charge < -0.3 is 9.84 Å². The zero-order chi connectivity index (χ0) is 14.7. The number of hydrogen-bond donors (Lipinski definition) is 1. The van der Waals surface area contributed by atoms with Crippen LogP contribution < -0.4 is 4.74 Å². The lowest BCUT2D eigenvalue weighted by Crippen LogP contribution is -2.03. The first-order chi connectivity index (χ1) is 9.54. The summed E-state index contributed by atoms with van der Waals surface area (Å²) < 4.78 is 5.86. The zero-order valence-electron chi connectivity index (χ0n) is 11.4. The largest absolute Gasteiger partial charge is 0.488 e. The molecule has 0 unspecified atom stereocenters. The molecule has 0 amide bonds. The number of aliphatic hydroxyl groups is 1. The van der Waals surface area contributed by atoms with Crippen LogP contribution in [-0.2, 0) is 13.2 Å². The van der Waals surface area contributed by atoms with Crippen LogP contribution in [-0.4, -0.2) is 5.11 Å². The number of rotatable bonds is 4. The van der Waals surface area contributed by atoms with Crippen molar-refractivity contribution in [1.29, 1.82) is 0 Å². The summed E-state index contributed by atoms with van der Waals surface area (Å²) in [5.74, 6) is 0.698. The summed E-state index contributed by atoms with van der Waals surface area (Å²) in [6, 6.07) is 9.19. The van der Waals surface area contributed by atoms with Crippen LogP contribution in [0.2, 0.25) is 10.0 Å². The standard InChI is InChI=1S/C16H16Cl2O2/c1-10-6-7-12(8-19)16(11(10)2)20-9-13-14(17)4-3-5-15(13)18/h3-7,19H,8-9H2,1-2H3. The number of aliphatic hydroxyl groups excluding tert-OH is 1. The Morgan fingerprint density at radius 1 is 1.05 bits per heavy atom. The topological polar surface area (TPSA) is 29.5 Å². The van der Waals surface area contributed by atoms with E-state index in [-0.39, 0.29) is 13.2 Å². The van der Waals surface area contributed by atoms with E-state index in [9.17, 15) is 5.11 Å². The molecule has 0 aliphatic carbocycles. The summed E-state index contributed by atoms with van der Waals surface area (Å²) in [6.45, 7) is 4.19. The molecule has 0 aromatic heterocycles. The molecule has 1 N–H and O–H groups in total. The van der Waals surface area contributed by atoms with Crippen molar-refractivity contribution in [3.8, 4) is 5.75 Å². The molecular formula is C16H16Cl2O2. The first-order valence-electron chi connectivity index (χ1n) is 6.30. The molecule has 0 spiro atoms. The quantitative estimate of drug-likeness (QED) is 0.888. The maximum absolute atomic E-state index is 9.41. The van der Waals surface area contributed by atoms with Crippen LogP contribution >= 0.6 is 23.2 Å². The Bertz CT molecular complexity index is 604. The minimum Gasteiger partial charge on any atom is -0.488 e. The predicted octanol–water partition coefficient (Wildman–Crippen LogP) is 4.68. The number of aryl methyl sites for hydroxylation is 1. The molecule has 2 aromatic carbocycles. The van der Waals surface area contributed by atoms with Gasteiger partial charge in [-0.15, -0.1) is 0 Å². The van der Waals surface area contributed by atoms with Crippen LogP contribution in [0.1, 0.15) is 22.3 Å². The number of ether oxygens (including phenoxy) is 1. The van der Waals surface area contributed by atoms with E-state index in [0.29, 0.717) is 15.8 Å². The van der Waals surface area contributed by atoms with E-state index in [0.717, 1.165) is 22.3 Å². The second-order valence-electron chi connectivity index (χ2n) is 4.64. The van der Waals surface area contributed by atoms with Crippen molar-refractivity contribution >= 4 is 23.2 Å². The lowest BCUT2D eigenvalue weighted by Gasteiger charge is -2.16. The second-order valence-corrected chi connectivity index (χ2v) is 5.46. The van der Waals surface area contributed by atoms with E-state index in [2.05, 4.69) is 0 Å². The van der Waals surface area contributed by atoms with E-state index in [1.54, 1.807) is 18.2 Å². The Balaban J connectivity index is 2.29. The van der Waals surface area contributed by atoms with Crippen LogP contribution in [0.4, 0.5) is 0 Å². The third-order valence-corrected chi connectivity index (χ3v) is 4.06. The van der Waals surface area contributed by atoms with Gasteiger partial charge in [-0.05, 0) is 37.1 Å². The average molecular weight is 311 g/mol. The van der Waals surface area contributed by atoms with E-state index >= 15 is 0 Å². The molecular weight excluding hydrogens is 295 g/mol. The molecule has 0 aliphatic rings. The molecule has 2 nitrogen and oxygen atoms in total. The van der Waals surface area contributed by atoms with E-state index in [1.165, 1.54) is 0 Å². The fraction of sp³-hybridized carbons (Fsp3) is 0.250. The first-order valence-corrected chi connectivity index (χ1v) is 7.05. The molecule has 4 heteroatoms. The Morgan fingerprint density at radius 3 is 2.30 bits per heavy atom. The summed E-state index contributed by atoms with van der Waals surface area (Å²) in [7, 11) is 0. The molecule has 0 saturated carbocycles. The van der Waals surface area contributed by atoms with Crippen LogP contribution in [0, 0.1) is 13.8 Å². The molecule has 2 aromatic rings. The van der Waals surface area contributed by atoms with Gasteiger partial charge in [0.05, 0.1) is 6.61 Å². The van der Waals surface area contributed by atoms with E-state index in [4.69, 9.17) is 27.9 Å². The summed E-state index contributed by atoms with van der Waals surface area (Å²) in [6.07, 6.45) is 0. The predicted molar refractivity (Wildman–Crippen MR) is 82.6 cm³/mol. The molecule has 0 fully saturated rings. The van der Waals surface area contributed by atoms with Crippen LogP contribution in [0.15, 0.2) is 30.3 Å². The van der Waals surface area contributed by atoms with Gasteiger partial charge in [0, 0.05) is 21.2 Å². The molecule has 0 atom stereocenters. The zero-order valence-corrected chi connectivity index (χ0v) is 12.9. The van der Waals surface area contributed by atoms with Gasteiger partial charge in [-0.25, -0.2) is 0 Å². The lowest BCUT2D eigenvalue weighted by atomic mass is 10.0. The summed E-state index contributed by atoms with van der Waals surface area (Å²) >= 11 is 12.3. The molecule has 0 radical (unpaired) electrons. The monoisotopic (exact) mass is 310 g/mol. The molecule has 106 valence electrons. The molecule has 0 aliphatic heterocycles. The van der Waals surface area contributed by atoms with Crippen molar-refractivity contribution < 1.29 is 9.84 Å². The van der Waals surface area contributed by atoms with Gasteiger partial charge in [-0.1, -0.05) is 41.4 Å². The Morgan fingerprint density at radius 2 is 1.70 bits per heavy atom. The smallest absolute Gasteiger partial charge is 0.128 e. The van der Waals surface area contributed by atoms with Crippen molar-refractivity contribution in [3.63, 3.8) is 0 Å². The maximum atomic E-state index is 9.41. The van der Waals surface area contributed by atoms with Gasteiger partial charge in [-0.2, -0.15) is 0 Å². The summed E-state index contributed by atoms with van der Waals surface area (Å²) in [5.41, 5.74) is 3.64. The minimum absolute atomic E-state index is 0.0628. The third kappa shape index (κ3) is 3.09. The van der Waals surface area contributed by atoms with E-state index in [1.807, 2.05) is 26.0 Å². The number of benzene rings is 2. The second kappa shape index (κ2) is 6.49. The number of halogens is 2. The highest BCUT2D eigenvalue weighted by Crippen LogP contribution is 2.30. The molecule has 0 heterocycles. The van der Waals surface area contributed by atoms with Gasteiger partial charge in [0.1, 0.15) is 12.4 Å². The fourth-order valence-electron chi connectivity index (χ4n) is 1.99. The SMILES string of the molecule is Cc1ccc(CO)c(OCc2c(Cl)cccc2Cl)c1C. The van der Waals surface area contributed by atoms with Crippen LogP contribution in [0.5, 0.6) is 5.75 Å². The summed E-state index contributed by atoms with van der Waals surface area (Å²) in [5, 5.41) is 10.6. The molecule has 20 heavy (non-hydrogen) atoms. The minimum atomic E-state index is -0.0628. The van der Waals surface area contributed by atoms with Gasteiger partial charge >= 0.3 is 0 Å². The highest BCUT2D eigenvalue weighted by Gasteiger charge is 2.11. The van der Waals surface area contributed by atoms with Gasteiger partial charge in [-0.3, -0.25) is 0 Å². The first kappa shape index (κ1) is 15.2. The van der Waals surface area contributed by atoms with Gasteiger partial charge in [0.2, 0.25) is 0 Å².